The van der Waals surface area contributed by atoms with Crippen LogP contribution in [0.1, 0.15) is 28.8 Å². The van der Waals surface area contributed by atoms with Crippen LogP contribution in [0.4, 0.5) is 0 Å². The van der Waals surface area contributed by atoms with E-state index in [0.717, 1.165) is 44.3 Å². The van der Waals surface area contributed by atoms with E-state index in [1.807, 2.05) is 18.9 Å². The number of piperidine rings is 1. The maximum atomic E-state index is 12.8. The molecule has 22 heavy (non-hydrogen) atoms. The maximum Gasteiger partial charge on any atom is 0.254 e. The first kappa shape index (κ1) is 17.0. The molecule has 1 aliphatic heterocycles. The number of sulfone groups is 1. The second-order valence-corrected chi connectivity index (χ2v) is 8.08. The van der Waals surface area contributed by atoms with E-state index >= 15 is 0 Å². The van der Waals surface area contributed by atoms with Crippen LogP contribution in [0.15, 0.2) is 23.1 Å². The number of carbonyl (C=O) groups excluding carboxylic acids is 1. The zero-order valence-electron chi connectivity index (χ0n) is 13.4. The Morgan fingerprint density at radius 3 is 2.77 bits per heavy atom. The van der Waals surface area contributed by atoms with Gasteiger partial charge in [0.15, 0.2) is 9.84 Å². The van der Waals surface area contributed by atoms with Crippen LogP contribution in [0.5, 0.6) is 0 Å². The molecule has 6 heteroatoms. The van der Waals surface area contributed by atoms with Gasteiger partial charge in [0.1, 0.15) is 0 Å². The molecular weight excluding hydrogens is 300 g/mol. The molecule has 0 unspecified atom stereocenters. The number of amides is 1. The van der Waals surface area contributed by atoms with Gasteiger partial charge in [0.25, 0.3) is 5.91 Å². The maximum absolute atomic E-state index is 12.8. The van der Waals surface area contributed by atoms with E-state index in [-0.39, 0.29) is 10.8 Å². The Bertz CT molecular complexity index is 653. The summed E-state index contributed by atoms with van der Waals surface area (Å²) in [5, 5.41) is 3.16. The third-order valence-electron chi connectivity index (χ3n) is 4.17. The third-order valence-corrected chi connectivity index (χ3v) is 5.28. The number of hydrogen-bond acceptors (Lipinski definition) is 4. The van der Waals surface area contributed by atoms with Crippen molar-refractivity contribution >= 4 is 15.7 Å². The highest BCUT2D eigenvalue weighted by Crippen LogP contribution is 2.21. The van der Waals surface area contributed by atoms with E-state index < -0.39 is 9.84 Å². The summed E-state index contributed by atoms with van der Waals surface area (Å²) in [7, 11) is -1.39. The number of hydrogen-bond donors (Lipinski definition) is 1. The van der Waals surface area contributed by atoms with Gasteiger partial charge in [0.05, 0.1) is 4.90 Å². The molecule has 122 valence electrons. The molecule has 0 aromatic heterocycles. The molecule has 1 heterocycles. The predicted molar refractivity (Wildman–Crippen MR) is 86.8 cm³/mol. The van der Waals surface area contributed by atoms with E-state index in [1.165, 1.54) is 6.07 Å². The molecule has 0 aliphatic carbocycles. The lowest BCUT2D eigenvalue weighted by Crippen LogP contribution is -2.42. The molecule has 0 radical (unpaired) electrons. The summed E-state index contributed by atoms with van der Waals surface area (Å²) in [5.74, 6) is 0.393. The Labute approximate surface area is 132 Å². The molecule has 1 amide bonds. The Hall–Kier alpha value is -1.40. The lowest BCUT2D eigenvalue weighted by Gasteiger charge is -2.33. The quantitative estimate of drug-likeness (QED) is 0.911. The van der Waals surface area contributed by atoms with Crippen LogP contribution in [-0.4, -0.2) is 52.2 Å². The number of benzene rings is 1. The summed E-state index contributed by atoms with van der Waals surface area (Å²) < 4.78 is 23.4. The van der Waals surface area contributed by atoms with Gasteiger partial charge in [0.2, 0.25) is 0 Å². The Kier molecular flexibility index (Phi) is 5.24. The molecule has 0 bridgehead atoms. The zero-order chi connectivity index (χ0) is 16.3. The number of carbonyl (C=O) groups is 1. The van der Waals surface area contributed by atoms with E-state index in [1.54, 1.807) is 12.1 Å². The second kappa shape index (κ2) is 6.79. The Morgan fingerprint density at radius 2 is 2.14 bits per heavy atom. The van der Waals surface area contributed by atoms with Gasteiger partial charge in [-0.3, -0.25) is 4.79 Å². The first-order valence-corrected chi connectivity index (χ1v) is 9.46. The van der Waals surface area contributed by atoms with Gasteiger partial charge in [-0.25, -0.2) is 8.42 Å². The average Bonchev–Trinajstić information content (AvgIpc) is 2.46. The lowest BCUT2D eigenvalue weighted by molar-refractivity contribution is 0.0673. The third kappa shape index (κ3) is 3.87. The topological polar surface area (TPSA) is 66.5 Å². The highest BCUT2D eigenvalue weighted by atomic mass is 32.2. The van der Waals surface area contributed by atoms with Crippen LogP contribution in [0, 0.1) is 12.8 Å². The van der Waals surface area contributed by atoms with Crippen LogP contribution < -0.4 is 5.32 Å². The predicted octanol–water partition coefficient (Wildman–Crippen LogP) is 1.47. The van der Waals surface area contributed by atoms with Crippen molar-refractivity contribution in [2.45, 2.75) is 24.7 Å². The van der Waals surface area contributed by atoms with Gasteiger partial charge in [-0.1, -0.05) is 6.07 Å². The number of aryl methyl sites for hydroxylation is 1. The van der Waals surface area contributed by atoms with Crippen LogP contribution in [-0.2, 0) is 9.84 Å². The van der Waals surface area contributed by atoms with Crippen LogP contribution in [0.3, 0.4) is 0 Å². The lowest BCUT2D eigenvalue weighted by atomic mass is 9.97. The summed E-state index contributed by atoms with van der Waals surface area (Å²) in [5.41, 5.74) is 1.31. The van der Waals surface area contributed by atoms with Crippen LogP contribution in [0.2, 0.25) is 0 Å². The summed E-state index contributed by atoms with van der Waals surface area (Å²) in [6, 6.07) is 4.77. The molecule has 1 fully saturated rings. The average molecular weight is 324 g/mol. The molecule has 5 nitrogen and oxygen atoms in total. The van der Waals surface area contributed by atoms with Gasteiger partial charge in [-0.15, -0.1) is 0 Å². The molecule has 1 aliphatic rings. The van der Waals surface area contributed by atoms with Crippen molar-refractivity contribution in [1.82, 2.24) is 10.2 Å². The number of likely N-dealkylation sites (tertiary alicyclic amines) is 1. The summed E-state index contributed by atoms with van der Waals surface area (Å²) >= 11 is 0. The van der Waals surface area contributed by atoms with E-state index in [4.69, 9.17) is 0 Å². The molecule has 1 atom stereocenters. The van der Waals surface area contributed by atoms with Crippen LogP contribution in [0.25, 0.3) is 0 Å². The summed E-state index contributed by atoms with van der Waals surface area (Å²) in [6.07, 6.45) is 3.27. The van der Waals surface area contributed by atoms with Crippen molar-refractivity contribution in [3.63, 3.8) is 0 Å². The van der Waals surface area contributed by atoms with E-state index in [9.17, 15) is 13.2 Å². The van der Waals surface area contributed by atoms with Gasteiger partial charge in [-0.05, 0) is 57.0 Å². The number of nitrogens with zero attached hydrogens (tertiary/aromatic N) is 1. The second-order valence-electron chi connectivity index (χ2n) is 6.07. The van der Waals surface area contributed by atoms with Crippen molar-refractivity contribution in [2.24, 2.45) is 5.92 Å². The molecule has 0 saturated carbocycles. The molecule has 1 aromatic rings. The van der Waals surface area contributed by atoms with Crippen LogP contribution >= 0.6 is 0 Å². The highest BCUT2D eigenvalue weighted by Gasteiger charge is 2.25. The zero-order valence-corrected chi connectivity index (χ0v) is 14.2. The first-order valence-electron chi connectivity index (χ1n) is 7.57. The van der Waals surface area contributed by atoms with Crippen molar-refractivity contribution in [3.8, 4) is 0 Å². The fourth-order valence-electron chi connectivity index (χ4n) is 2.94. The van der Waals surface area contributed by atoms with Gasteiger partial charge >= 0.3 is 0 Å². The number of rotatable bonds is 4. The first-order chi connectivity index (χ1) is 10.3. The van der Waals surface area contributed by atoms with E-state index in [2.05, 4.69) is 5.32 Å². The van der Waals surface area contributed by atoms with Crippen molar-refractivity contribution in [1.29, 1.82) is 0 Å². The molecule has 1 aromatic carbocycles. The van der Waals surface area contributed by atoms with Gasteiger partial charge in [0, 0.05) is 24.9 Å². The van der Waals surface area contributed by atoms with Gasteiger partial charge < -0.3 is 10.2 Å². The van der Waals surface area contributed by atoms with Gasteiger partial charge in [-0.2, -0.15) is 0 Å². The Morgan fingerprint density at radius 1 is 1.41 bits per heavy atom. The summed E-state index contributed by atoms with van der Waals surface area (Å²) in [4.78, 5) is 14.8. The molecular formula is C16H24N2O3S. The normalized spacial score (nSPS) is 19.2. The fourth-order valence-corrected chi connectivity index (χ4v) is 3.58. The molecule has 0 spiro atoms. The standard InChI is InChI=1S/C16H24N2O3S/c1-12-6-7-14(22(3,20)21)9-15(12)16(19)18-8-4-5-13(11-18)10-17-2/h6-7,9,13,17H,4-5,8,10-11H2,1-3H3/t13-/m0/s1. The minimum absolute atomic E-state index is 0.0659. The molecule has 2 rings (SSSR count). The minimum atomic E-state index is -3.31. The summed E-state index contributed by atoms with van der Waals surface area (Å²) in [6.45, 7) is 4.20. The molecule has 1 saturated heterocycles. The van der Waals surface area contributed by atoms with E-state index in [0.29, 0.717) is 11.5 Å². The molecule has 1 N–H and O–H groups in total. The fraction of sp³-hybridized carbons (Fsp3) is 0.562. The largest absolute Gasteiger partial charge is 0.338 e. The highest BCUT2D eigenvalue weighted by molar-refractivity contribution is 7.90. The smallest absolute Gasteiger partial charge is 0.254 e. The Balaban J connectivity index is 2.25. The van der Waals surface area contributed by atoms with Crippen molar-refractivity contribution < 1.29 is 13.2 Å². The number of nitrogens with one attached hydrogen (secondary N) is 1. The van der Waals surface area contributed by atoms with Crippen molar-refractivity contribution in [3.05, 3.63) is 29.3 Å². The monoisotopic (exact) mass is 324 g/mol. The minimum Gasteiger partial charge on any atom is -0.338 e. The van der Waals surface area contributed by atoms with Crippen molar-refractivity contribution in [2.75, 3.05) is 32.9 Å². The SMILES string of the molecule is CNC[C@@H]1CCCN(C(=O)c2cc(S(C)(=O)=O)ccc2C)C1.